The minimum atomic E-state index is -3.09. The fourth-order valence-electron chi connectivity index (χ4n) is 0.637. The SMILES string of the molecule is C/C=C(\C(C)=O)C(=O)C(F)F. The second-order valence-corrected chi connectivity index (χ2v) is 1.92. The molecule has 0 saturated heterocycles. The van der Waals surface area contributed by atoms with Crippen molar-refractivity contribution in [1.29, 1.82) is 0 Å². The second-order valence-electron chi connectivity index (χ2n) is 1.92. The Kier molecular flexibility index (Phi) is 3.57. The largest absolute Gasteiger partial charge is 0.300 e. The summed E-state index contributed by atoms with van der Waals surface area (Å²) in [6, 6.07) is 0. The first-order chi connectivity index (χ1) is 5.00. The van der Waals surface area contributed by atoms with Crippen LogP contribution in [-0.2, 0) is 9.59 Å². The topological polar surface area (TPSA) is 34.1 Å². The van der Waals surface area contributed by atoms with Crippen molar-refractivity contribution in [3.8, 4) is 0 Å². The van der Waals surface area contributed by atoms with Gasteiger partial charge in [0.15, 0.2) is 5.78 Å². The van der Waals surface area contributed by atoms with E-state index >= 15 is 0 Å². The third-order valence-electron chi connectivity index (χ3n) is 1.13. The Bertz CT molecular complexity index is 206. The van der Waals surface area contributed by atoms with Gasteiger partial charge >= 0.3 is 6.43 Å². The summed E-state index contributed by atoms with van der Waals surface area (Å²) in [4.78, 5) is 21.0. The Hall–Kier alpha value is -1.06. The normalized spacial score (nSPS) is 11.9. The first-order valence-corrected chi connectivity index (χ1v) is 3.00. The third-order valence-corrected chi connectivity index (χ3v) is 1.13. The van der Waals surface area contributed by atoms with Gasteiger partial charge in [-0.05, 0) is 13.8 Å². The lowest BCUT2D eigenvalue weighted by Gasteiger charge is -1.98. The van der Waals surface area contributed by atoms with Crippen molar-refractivity contribution < 1.29 is 18.4 Å². The maximum atomic E-state index is 11.7. The quantitative estimate of drug-likeness (QED) is 0.356. The van der Waals surface area contributed by atoms with E-state index < -0.39 is 23.6 Å². The molecule has 0 aliphatic rings. The van der Waals surface area contributed by atoms with Crippen molar-refractivity contribution in [3.05, 3.63) is 11.6 Å². The molecule has 0 radical (unpaired) electrons. The van der Waals surface area contributed by atoms with Crippen LogP contribution in [0.2, 0.25) is 0 Å². The van der Waals surface area contributed by atoms with E-state index in [0.717, 1.165) is 13.0 Å². The number of rotatable bonds is 3. The van der Waals surface area contributed by atoms with Crippen molar-refractivity contribution in [2.24, 2.45) is 0 Å². The average Bonchev–Trinajstić information content (AvgIpc) is 1.88. The predicted molar refractivity (Wildman–Crippen MR) is 35.4 cm³/mol. The summed E-state index contributed by atoms with van der Waals surface area (Å²) in [7, 11) is 0. The number of hydrogen-bond donors (Lipinski definition) is 0. The van der Waals surface area contributed by atoms with Crippen LogP contribution in [0.1, 0.15) is 13.8 Å². The highest BCUT2D eigenvalue weighted by Crippen LogP contribution is 2.05. The Morgan fingerprint density at radius 2 is 1.82 bits per heavy atom. The molecule has 62 valence electrons. The number of allylic oxidation sites excluding steroid dienone is 2. The number of carbonyl (C=O) groups is 2. The van der Waals surface area contributed by atoms with Crippen LogP contribution in [-0.4, -0.2) is 18.0 Å². The highest BCUT2D eigenvalue weighted by molar-refractivity contribution is 6.20. The fraction of sp³-hybridized carbons (Fsp3) is 0.429. The zero-order valence-corrected chi connectivity index (χ0v) is 6.23. The lowest BCUT2D eigenvalue weighted by Crippen LogP contribution is -2.17. The molecule has 0 aliphatic heterocycles. The number of hydrogen-bond acceptors (Lipinski definition) is 2. The lowest BCUT2D eigenvalue weighted by molar-refractivity contribution is -0.128. The molecule has 0 atom stereocenters. The van der Waals surface area contributed by atoms with Gasteiger partial charge in [-0.3, -0.25) is 9.59 Å². The van der Waals surface area contributed by atoms with Gasteiger partial charge < -0.3 is 0 Å². The predicted octanol–water partition coefficient (Wildman–Crippen LogP) is 1.36. The average molecular weight is 162 g/mol. The highest BCUT2D eigenvalue weighted by atomic mass is 19.3. The van der Waals surface area contributed by atoms with Gasteiger partial charge in [0, 0.05) is 0 Å². The minimum absolute atomic E-state index is 0.431. The molecule has 0 aromatic carbocycles. The van der Waals surface area contributed by atoms with Crippen molar-refractivity contribution in [2.45, 2.75) is 20.3 Å². The van der Waals surface area contributed by atoms with Gasteiger partial charge in [-0.25, -0.2) is 8.78 Å². The van der Waals surface area contributed by atoms with Crippen LogP contribution in [0.3, 0.4) is 0 Å². The molecule has 0 unspecified atom stereocenters. The lowest BCUT2D eigenvalue weighted by atomic mass is 10.1. The van der Waals surface area contributed by atoms with E-state index in [4.69, 9.17) is 0 Å². The van der Waals surface area contributed by atoms with E-state index in [-0.39, 0.29) is 0 Å². The number of alkyl halides is 2. The molecule has 0 rings (SSSR count). The molecule has 0 heterocycles. The first kappa shape index (κ1) is 9.94. The second kappa shape index (κ2) is 3.95. The molecule has 2 nitrogen and oxygen atoms in total. The monoisotopic (exact) mass is 162 g/mol. The summed E-state index contributed by atoms with van der Waals surface area (Å²) < 4.78 is 23.4. The molecule has 0 aliphatic carbocycles. The molecule has 0 bridgehead atoms. The Labute approximate surface area is 62.9 Å². The summed E-state index contributed by atoms with van der Waals surface area (Å²) in [6.45, 7) is 2.45. The molecule has 0 saturated carbocycles. The molecule has 0 aromatic heterocycles. The van der Waals surface area contributed by atoms with Gasteiger partial charge in [0.25, 0.3) is 0 Å². The Morgan fingerprint density at radius 1 is 1.36 bits per heavy atom. The summed E-state index contributed by atoms with van der Waals surface area (Å²) in [5.74, 6) is -2.03. The molecule has 11 heavy (non-hydrogen) atoms. The van der Waals surface area contributed by atoms with Crippen LogP contribution in [0.4, 0.5) is 8.78 Å². The Morgan fingerprint density at radius 3 is 1.91 bits per heavy atom. The summed E-state index contributed by atoms with van der Waals surface area (Å²) >= 11 is 0. The van der Waals surface area contributed by atoms with Crippen molar-refractivity contribution in [3.63, 3.8) is 0 Å². The molecule has 0 N–H and O–H groups in total. The standard InChI is InChI=1S/C7H8F2O2/c1-3-5(4(2)10)6(11)7(8)9/h3,7H,1-2H3/b5-3+. The smallest absolute Gasteiger partial charge is 0.294 e. The first-order valence-electron chi connectivity index (χ1n) is 3.00. The van der Waals surface area contributed by atoms with Gasteiger partial charge in [0.05, 0.1) is 5.57 Å². The fourth-order valence-corrected chi connectivity index (χ4v) is 0.637. The van der Waals surface area contributed by atoms with Gasteiger partial charge in [-0.15, -0.1) is 0 Å². The maximum Gasteiger partial charge on any atom is 0.300 e. The molecular weight excluding hydrogens is 154 g/mol. The van der Waals surface area contributed by atoms with Crippen LogP contribution in [0, 0.1) is 0 Å². The van der Waals surface area contributed by atoms with E-state index in [0.29, 0.717) is 0 Å². The van der Waals surface area contributed by atoms with Crippen LogP contribution in [0.5, 0.6) is 0 Å². The van der Waals surface area contributed by atoms with E-state index in [2.05, 4.69) is 0 Å². The molecule has 0 aromatic rings. The minimum Gasteiger partial charge on any atom is -0.294 e. The summed E-state index contributed by atoms with van der Waals surface area (Å²) in [6.07, 6.45) is -2.00. The molecule has 0 spiro atoms. The highest BCUT2D eigenvalue weighted by Gasteiger charge is 2.22. The molecule has 4 heteroatoms. The van der Waals surface area contributed by atoms with Gasteiger partial charge in [0.1, 0.15) is 0 Å². The maximum absolute atomic E-state index is 11.7. The van der Waals surface area contributed by atoms with E-state index in [9.17, 15) is 18.4 Å². The number of ketones is 2. The molecule has 0 amide bonds. The molecular formula is C7H8F2O2. The van der Waals surface area contributed by atoms with Gasteiger partial charge in [0.2, 0.25) is 5.78 Å². The zero-order chi connectivity index (χ0) is 9.02. The third kappa shape index (κ3) is 2.57. The number of carbonyl (C=O) groups excluding carboxylic acids is 2. The summed E-state index contributed by atoms with van der Waals surface area (Å²) in [5.41, 5.74) is -0.431. The van der Waals surface area contributed by atoms with Crippen LogP contribution in [0.25, 0.3) is 0 Å². The van der Waals surface area contributed by atoms with Crippen molar-refractivity contribution in [1.82, 2.24) is 0 Å². The van der Waals surface area contributed by atoms with Crippen LogP contribution < -0.4 is 0 Å². The van der Waals surface area contributed by atoms with E-state index in [1.54, 1.807) is 0 Å². The van der Waals surface area contributed by atoms with Crippen LogP contribution in [0.15, 0.2) is 11.6 Å². The molecule has 0 fully saturated rings. The van der Waals surface area contributed by atoms with Crippen molar-refractivity contribution in [2.75, 3.05) is 0 Å². The van der Waals surface area contributed by atoms with Gasteiger partial charge in [-0.1, -0.05) is 6.08 Å². The van der Waals surface area contributed by atoms with Crippen molar-refractivity contribution >= 4 is 11.6 Å². The van der Waals surface area contributed by atoms with E-state index in [1.165, 1.54) is 6.92 Å². The van der Waals surface area contributed by atoms with E-state index in [1.807, 2.05) is 0 Å². The van der Waals surface area contributed by atoms with Crippen LogP contribution >= 0.6 is 0 Å². The number of Topliss-reactive ketones (excluding diaryl/α,β-unsaturated/α-hetero) is 2. The Balaban J connectivity index is 4.55. The van der Waals surface area contributed by atoms with Gasteiger partial charge in [-0.2, -0.15) is 0 Å². The zero-order valence-electron chi connectivity index (χ0n) is 6.23. The summed E-state index contributed by atoms with van der Waals surface area (Å²) in [5, 5.41) is 0. The number of halogens is 2.